The number of amides is 2. The molecule has 152 valence electrons. The Bertz CT molecular complexity index is 1090. The third kappa shape index (κ3) is 5.24. The van der Waals surface area contributed by atoms with Crippen molar-refractivity contribution >= 4 is 34.8 Å². The van der Waals surface area contributed by atoms with Crippen molar-refractivity contribution in [2.75, 3.05) is 12.4 Å². The van der Waals surface area contributed by atoms with E-state index in [0.717, 1.165) is 5.56 Å². The van der Waals surface area contributed by atoms with Crippen LogP contribution in [0.3, 0.4) is 0 Å². The number of nitrogens with one attached hydrogen (secondary N) is 2. The molecule has 0 saturated carbocycles. The summed E-state index contributed by atoms with van der Waals surface area (Å²) in [6, 6.07) is 20.7. The lowest BCUT2D eigenvalue weighted by molar-refractivity contribution is 0.0951. The summed E-state index contributed by atoms with van der Waals surface area (Å²) in [5, 5.41) is 7.57. The third-order valence-electron chi connectivity index (χ3n) is 4.32. The molecule has 0 aliphatic rings. The second kappa shape index (κ2) is 9.71. The van der Waals surface area contributed by atoms with Crippen LogP contribution >= 0.6 is 11.6 Å². The average molecular weight is 422 g/mol. The highest BCUT2D eigenvalue weighted by Crippen LogP contribution is 2.17. The zero-order valence-corrected chi connectivity index (χ0v) is 17.2. The molecule has 2 amide bonds. The quantitative estimate of drug-likeness (QED) is 0.445. The van der Waals surface area contributed by atoms with E-state index in [2.05, 4.69) is 15.8 Å². The summed E-state index contributed by atoms with van der Waals surface area (Å²) in [5.74, 6) is -0.156. The molecular formula is C23H20ClN3O3. The van der Waals surface area contributed by atoms with Crippen LogP contribution in [0.2, 0.25) is 5.02 Å². The number of anilines is 1. The minimum absolute atomic E-state index is 0.247. The fourth-order valence-corrected chi connectivity index (χ4v) is 2.84. The molecule has 0 unspecified atom stereocenters. The van der Waals surface area contributed by atoms with Crippen LogP contribution in [0.5, 0.6) is 5.75 Å². The Balaban J connectivity index is 1.70. The zero-order valence-electron chi connectivity index (χ0n) is 16.5. The van der Waals surface area contributed by atoms with Crippen molar-refractivity contribution in [1.29, 1.82) is 0 Å². The van der Waals surface area contributed by atoms with E-state index in [9.17, 15) is 9.59 Å². The predicted molar refractivity (Wildman–Crippen MR) is 119 cm³/mol. The first-order valence-electron chi connectivity index (χ1n) is 9.13. The molecule has 3 rings (SSSR count). The Hall–Kier alpha value is -3.64. The molecule has 0 heterocycles. The second-order valence-electron chi connectivity index (χ2n) is 6.38. The number of carbonyl (C=O) groups is 2. The molecule has 0 aliphatic heterocycles. The minimum Gasteiger partial charge on any atom is -0.496 e. The molecule has 30 heavy (non-hydrogen) atoms. The van der Waals surface area contributed by atoms with Gasteiger partial charge in [0.1, 0.15) is 5.75 Å². The number of carbonyl (C=O) groups excluding carboxylic acids is 2. The zero-order chi connectivity index (χ0) is 21.5. The lowest BCUT2D eigenvalue weighted by atomic mass is 10.1. The maximum Gasteiger partial charge on any atom is 0.275 e. The van der Waals surface area contributed by atoms with E-state index in [-0.39, 0.29) is 11.8 Å². The van der Waals surface area contributed by atoms with Gasteiger partial charge in [0.05, 0.1) is 18.4 Å². The van der Waals surface area contributed by atoms with E-state index < -0.39 is 0 Å². The lowest BCUT2D eigenvalue weighted by Crippen LogP contribution is -2.20. The summed E-state index contributed by atoms with van der Waals surface area (Å²) in [4.78, 5) is 24.8. The van der Waals surface area contributed by atoms with Gasteiger partial charge in [-0.25, -0.2) is 5.43 Å². The number of benzene rings is 3. The molecule has 6 nitrogen and oxygen atoms in total. The normalized spacial score (nSPS) is 11.0. The van der Waals surface area contributed by atoms with Gasteiger partial charge in [-0.05, 0) is 61.0 Å². The van der Waals surface area contributed by atoms with E-state index >= 15 is 0 Å². The Morgan fingerprint density at radius 2 is 1.63 bits per heavy atom. The van der Waals surface area contributed by atoms with Crippen LogP contribution in [-0.2, 0) is 0 Å². The molecule has 3 aromatic rings. The Labute approximate surface area is 179 Å². The molecule has 0 spiro atoms. The van der Waals surface area contributed by atoms with Crippen LogP contribution in [-0.4, -0.2) is 24.6 Å². The Morgan fingerprint density at radius 3 is 2.37 bits per heavy atom. The molecule has 0 aromatic heterocycles. The minimum atomic E-state index is -0.376. The summed E-state index contributed by atoms with van der Waals surface area (Å²) in [7, 11) is 1.50. The summed E-state index contributed by atoms with van der Waals surface area (Å²) >= 11 is 5.86. The largest absolute Gasteiger partial charge is 0.496 e. The summed E-state index contributed by atoms with van der Waals surface area (Å²) in [6.07, 6.45) is 0. The summed E-state index contributed by atoms with van der Waals surface area (Å²) < 4.78 is 5.20. The van der Waals surface area contributed by atoms with Crippen molar-refractivity contribution in [3.05, 3.63) is 94.5 Å². The Morgan fingerprint density at radius 1 is 0.900 bits per heavy atom. The van der Waals surface area contributed by atoms with Gasteiger partial charge in [0, 0.05) is 16.3 Å². The van der Waals surface area contributed by atoms with Gasteiger partial charge >= 0.3 is 0 Å². The number of hydrogen-bond donors (Lipinski definition) is 2. The van der Waals surface area contributed by atoms with Crippen molar-refractivity contribution < 1.29 is 14.3 Å². The van der Waals surface area contributed by atoms with Gasteiger partial charge in [-0.15, -0.1) is 0 Å². The maximum atomic E-state index is 12.4. The smallest absolute Gasteiger partial charge is 0.275 e. The molecule has 0 bridgehead atoms. The monoisotopic (exact) mass is 421 g/mol. The fraction of sp³-hybridized carbons (Fsp3) is 0.0870. The van der Waals surface area contributed by atoms with Crippen molar-refractivity contribution in [3.8, 4) is 5.75 Å². The van der Waals surface area contributed by atoms with Crippen LogP contribution < -0.4 is 15.5 Å². The highest BCUT2D eigenvalue weighted by Gasteiger charge is 2.11. The first kappa shape index (κ1) is 21.1. The Kier molecular flexibility index (Phi) is 6.83. The molecule has 0 fully saturated rings. The standard InChI is InChI=1S/C23H20ClN3O3/c1-15(26-27-23(29)20-8-3-4-9-21(20)30-2)17-6-5-7-19(14-17)25-22(28)16-10-12-18(24)13-11-16/h3-14H,1-2H3,(H,25,28)(H,27,29). The average Bonchev–Trinajstić information content (AvgIpc) is 2.77. The van der Waals surface area contributed by atoms with Crippen molar-refractivity contribution in [2.45, 2.75) is 6.92 Å². The maximum absolute atomic E-state index is 12.4. The number of rotatable bonds is 6. The van der Waals surface area contributed by atoms with E-state index in [1.165, 1.54) is 7.11 Å². The molecule has 0 radical (unpaired) electrons. The van der Waals surface area contributed by atoms with Gasteiger partial charge in [-0.3, -0.25) is 9.59 Å². The van der Waals surface area contributed by atoms with Crippen molar-refractivity contribution in [2.24, 2.45) is 5.10 Å². The predicted octanol–water partition coefficient (Wildman–Crippen LogP) is 4.75. The topological polar surface area (TPSA) is 79.8 Å². The molecule has 0 atom stereocenters. The first-order chi connectivity index (χ1) is 14.5. The fourth-order valence-electron chi connectivity index (χ4n) is 2.72. The van der Waals surface area contributed by atoms with Crippen LogP contribution in [0.1, 0.15) is 33.2 Å². The number of para-hydroxylation sites is 1. The summed E-state index contributed by atoms with van der Waals surface area (Å²) in [5.41, 5.74) is 5.37. The number of nitrogens with zero attached hydrogens (tertiary/aromatic N) is 1. The van der Waals surface area contributed by atoms with Crippen molar-refractivity contribution in [1.82, 2.24) is 5.43 Å². The number of hydrazone groups is 1. The second-order valence-corrected chi connectivity index (χ2v) is 6.82. The van der Waals surface area contributed by atoms with Gasteiger partial charge in [0.15, 0.2) is 0 Å². The van der Waals surface area contributed by atoms with E-state index in [0.29, 0.717) is 33.3 Å². The number of methoxy groups -OCH3 is 1. The SMILES string of the molecule is COc1ccccc1C(=O)NN=C(C)c1cccc(NC(=O)c2ccc(Cl)cc2)c1. The van der Waals surface area contributed by atoms with Gasteiger partial charge in [0.2, 0.25) is 0 Å². The number of hydrogen-bond acceptors (Lipinski definition) is 4. The highest BCUT2D eigenvalue weighted by atomic mass is 35.5. The molecule has 2 N–H and O–H groups in total. The third-order valence-corrected chi connectivity index (χ3v) is 4.57. The van der Waals surface area contributed by atoms with E-state index in [1.54, 1.807) is 73.7 Å². The van der Waals surface area contributed by atoms with Gasteiger partial charge in [0.25, 0.3) is 11.8 Å². The molecular weight excluding hydrogens is 402 g/mol. The van der Waals surface area contributed by atoms with Crippen LogP contribution in [0.15, 0.2) is 77.9 Å². The van der Waals surface area contributed by atoms with Crippen LogP contribution in [0.25, 0.3) is 0 Å². The summed E-state index contributed by atoms with van der Waals surface area (Å²) in [6.45, 7) is 1.77. The van der Waals surface area contributed by atoms with Gasteiger partial charge in [-0.2, -0.15) is 5.10 Å². The lowest BCUT2D eigenvalue weighted by Gasteiger charge is -2.09. The van der Waals surface area contributed by atoms with Crippen molar-refractivity contribution in [3.63, 3.8) is 0 Å². The van der Waals surface area contributed by atoms with Gasteiger partial charge < -0.3 is 10.1 Å². The van der Waals surface area contributed by atoms with E-state index in [1.807, 2.05) is 6.07 Å². The first-order valence-corrected chi connectivity index (χ1v) is 9.50. The molecule has 3 aromatic carbocycles. The molecule has 0 aliphatic carbocycles. The van der Waals surface area contributed by atoms with Crippen LogP contribution in [0.4, 0.5) is 5.69 Å². The van der Waals surface area contributed by atoms with Crippen LogP contribution in [0, 0.1) is 0 Å². The van der Waals surface area contributed by atoms with Gasteiger partial charge in [-0.1, -0.05) is 35.9 Å². The highest BCUT2D eigenvalue weighted by molar-refractivity contribution is 6.30. The number of ether oxygens (including phenoxy) is 1. The molecule has 0 saturated heterocycles. The number of halogens is 1. The van der Waals surface area contributed by atoms with E-state index in [4.69, 9.17) is 16.3 Å². The molecule has 7 heteroatoms.